The van der Waals surface area contributed by atoms with Crippen LogP contribution in [0.15, 0.2) is 18.2 Å². The number of likely N-dealkylation sites (tertiary alicyclic amines) is 1. The van der Waals surface area contributed by atoms with Crippen LogP contribution in [0.5, 0.6) is 0 Å². The average Bonchev–Trinajstić information content (AvgIpc) is 2.71. The molecule has 0 amide bonds. The van der Waals surface area contributed by atoms with Crippen LogP contribution in [-0.2, 0) is 6.54 Å². The highest BCUT2D eigenvalue weighted by Gasteiger charge is 2.21. The van der Waals surface area contributed by atoms with E-state index in [1.807, 2.05) is 0 Å². The van der Waals surface area contributed by atoms with Gasteiger partial charge in [0.2, 0.25) is 0 Å². The first-order chi connectivity index (χ1) is 7.69. The first-order valence-electron chi connectivity index (χ1n) is 6.17. The molecule has 1 aromatic carbocycles. The van der Waals surface area contributed by atoms with Crippen LogP contribution in [-0.4, -0.2) is 24.5 Å². The molecule has 0 spiro atoms. The second-order valence-electron chi connectivity index (χ2n) is 5.06. The van der Waals surface area contributed by atoms with E-state index in [4.69, 9.17) is 5.73 Å². The number of benzene rings is 1. The molecule has 1 atom stereocenters. The zero-order chi connectivity index (χ0) is 11.5. The van der Waals surface area contributed by atoms with Crippen molar-refractivity contribution in [3.05, 3.63) is 34.9 Å². The predicted molar refractivity (Wildman–Crippen MR) is 68.4 cm³/mol. The van der Waals surface area contributed by atoms with Gasteiger partial charge in [-0.05, 0) is 50.4 Å². The van der Waals surface area contributed by atoms with Gasteiger partial charge < -0.3 is 5.73 Å². The molecular formula is C14H22N2. The quantitative estimate of drug-likeness (QED) is 0.841. The van der Waals surface area contributed by atoms with E-state index in [1.165, 1.54) is 36.2 Å². The number of hydrogen-bond acceptors (Lipinski definition) is 2. The van der Waals surface area contributed by atoms with Crippen LogP contribution in [0, 0.1) is 19.8 Å². The smallest absolute Gasteiger partial charge is 0.0236 e. The SMILES string of the molecule is Cc1ccc(C)c(CN2CCC(CN)C2)c1. The monoisotopic (exact) mass is 218 g/mol. The van der Waals surface area contributed by atoms with Crippen LogP contribution in [0.25, 0.3) is 0 Å². The van der Waals surface area contributed by atoms with Crippen molar-refractivity contribution in [2.75, 3.05) is 19.6 Å². The molecule has 0 aliphatic carbocycles. The Bertz CT molecular complexity index is 360. The molecule has 1 fully saturated rings. The third kappa shape index (κ3) is 2.63. The lowest BCUT2D eigenvalue weighted by molar-refractivity contribution is 0.317. The second-order valence-corrected chi connectivity index (χ2v) is 5.06. The summed E-state index contributed by atoms with van der Waals surface area (Å²) in [4.78, 5) is 2.53. The molecule has 1 aliphatic rings. The Hall–Kier alpha value is -0.860. The van der Waals surface area contributed by atoms with Gasteiger partial charge in [0.05, 0.1) is 0 Å². The van der Waals surface area contributed by atoms with Gasteiger partial charge in [0.25, 0.3) is 0 Å². The summed E-state index contributed by atoms with van der Waals surface area (Å²) in [7, 11) is 0. The summed E-state index contributed by atoms with van der Waals surface area (Å²) in [5.41, 5.74) is 9.95. The van der Waals surface area contributed by atoms with Crippen LogP contribution in [0.4, 0.5) is 0 Å². The van der Waals surface area contributed by atoms with Gasteiger partial charge in [0.15, 0.2) is 0 Å². The Kier molecular flexibility index (Phi) is 3.62. The molecule has 2 heteroatoms. The topological polar surface area (TPSA) is 29.3 Å². The molecule has 88 valence electrons. The van der Waals surface area contributed by atoms with Crippen LogP contribution < -0.4 is 5.73 Å². The van der Waals surface area contributed by atoms with Crippen LogP contribution in [0.1, 0.15) is 23.1 Å². The Morgan fingerprint density at radius 2 is 2.19 bits per heavy atom. The highest BCUT2D eigenvalue weighted by atomic mass is 15.1. The third-order valence-electron chi connectivity index (χ3n) is 3.60. The Balaban J connectivity index is 2.01. The molecule has 1 saturated heterocycles. The molecule has 2 rings (SSSR count). The first kappa shape index (κ1) is 11.6. The van der Waals surface area contributed by atoms with E-state index in [2.05, 4.69) is 36.9 Å². The lowest BCUT2D eigenvalue weighted by atomic mass is 10.1. The molecule has 1 aliphatic heterocycles. The van der Waals surface area contributed by atoms with Crippen molar-refractivity contribution >= 4 is 0 Å². The maximum absolute atomic E-state index is 5.72. The lowest BCUT2D eigenvalue weighted by Gasteiger charge is -2.17. The fraction of sp³-hybridized carbons (Fsp3) is 0.571. The van der Waals surface area contributed by atoms with Crippen LogP contribution >= 0.6 is 0 Å². The van der Waals surface area contributed by atoms with Crippen LogP contribution in [0.3, 0.4) is 0 Å². The van der Waals surface area contributed by atoms with Gasteiger partial charge in [-0.25, -0.2) is 0 Å². The fourth-order valence-corrected chi connectivity index (χ4v) is 2.46. The molecule has 0 saturated carbocycles. The van der Waals surface area contributed by atoms with Crippen molar-refractivity contribution in [1.82, 2.24) is 4.90 Å². The molecule has 1 unspecified atom stereocenters. The van der Waals surface area contributed by atoms with E-state index in [1.54, 1.807) is 0 Å². The van der Waals surface area contributed by atoms with Crippen molar-refractivity contribution < 1.29 is 0 Å². The zero-order valence-electron chi connectivity index (χ0n) is 10.4. The van der Waals surface area contributed by atoms with Gasteiger partial charge in [-0.15, -0.1) is 0 Å². The largest absolute Gasteiger partial charge is 0.330 e. The van der Waals surface area contributed by atoms with Gasteiger partial charge in [-0.3, -0.25) is 4.90 Å². The van der Waals surface area contributed by atoms with Crippen LogP contribution in [0.2, 0.25) is 0 Å². The van der Waals surface area contributed by atoms with Gasteiger partial charge in [0.1, 0.15) is 0 Å². The van der Waals surface area contributed by atoms with Crippen molar-refractivity contribution in [2.24, 2.45) is 11.7 Å². The number of nitrogens with zero attached hydrogens (tertiary/aromatic N) is 1. The predicted octanol–water partition coefficient (Wildman–Crippen LogP) is 2.08. The van der Waals surface area contributed by atoms with Crippen molar-refractivity contribution in [1.29, 1.82) is 0 Å². The number of rotatable bonds is 3. The van der Waals surface area contributed by atoms with Crippen molar-refractivity contribution in [3.8, 4) is 0 Å². The zero-order valence-corrected chi connectivity index (χ0v) is 10.4. The minimum Gasteiger partial charge on any atom is -0.330 e. The maximum atomic E-state index is 5.72. The number of nitrogens with two attached hydrogens (primary N) is 1. The molecule has 1 aromatic rings. The van der Waals surface area contributed by atoms with E-state index in [0.29, 0.717) is 5.92 Å². The van der Waals surface area contributed by atoms with E-state index in [-0.39, 0.29) is 0 Å². The highest BCUT2D eigenvalue weighted by Crippen LogP contribution is 2.19. The molecule has 0 bridgehead atoms. The maximum Gasteiger partial charge on any atom is 0.0236 e. The minimum atomic E-state index is 0.713. The Morgan fingerprint density at radius 1 is 1.38 bits per heavy atom. The normalized spacial score (nSPS) is 21.6. The Labute approximate surface area is 98.4 Å². The van der Waals surface area contributed by atoms with Crippen molar-refractivity contribution in [3.63, 3.8) is 0 Å². The van der Waals surface area contributed by atoms with Gasteiger partial charge in [0, 0.05) is 13.1 Å². The van der Waals surface area contributed by atoms with Gasteiger partial charge in [-0.2, -0.15) is 0 Å². The number of hydrogen-bond donors (Lipinski definition) is 1. The second kappa shape index (κ2) is 4.98. The molecule has 2 nitrogen and oxygen atoms in total. The summed E-state index contributed by atoms with van der Waals surface area (Å²) in [5, 5.41) is 0. The summed E-state index contributed by atoms with van der Waals surface area (Å²) in [5.74, 6) is 0.713. The fourth-order valence-electron chi connectivity index (χ4n) is 2.46. The molecule has 1 heterocycles. The molecular weight excluding hydrogens is 196 g/mol. The molecule has 0 radical (unpaired) electrons. The van der Waals surface area contributed by atoms with Gasteiger partial charge in [-0.1, -0.05) is 23.8 Å². The van der Waals surface area contributed by atoms with E-state index < -0.39 is 0 Å². The minimum absolute atomic E-state index is 0.713. The van der Waals surface area contributed by atoms with Gasteiger partial charge >= 0.3 is 0 Å². The standard InChI is InChI=1S/C14H22N2/c1-11-3-4-12(2)14(7-11)10-16-6-5-13(8-15)9-16/h3-4,7,13H,5-6,8-10,15H2,1-2H3. The summed E-state index contributed by atoms with van der Waals surface area (Å²) < 4.78 is 0. The first-order valence-corrected chi connectivity index (χ1v) is 6.17. The average molecular weight is 218 g/mol. The van der Waals surface area contributed by atoms with E-state index in [0.717, 1.165) is 13.1 Å². The molecule has 16 heavy (non-hydrogen) atoms. The number of aryl methyl sites for hydroxylation is 2. The highest BCUT2D eigenvalue weighted by molar-refractivity contribution is 5.30. The summed E-state index contributed by atoms with van der Waals surface area (Å²) in [6.07, 6.45) is 1.27. The summed E-state index contributed by atoms with van der Waals surface area (Å²) in [6.45, 7) is 8.66. The van der Waals surface area contributed by atoms with E-state index in [9.17, 15) is 0 Å². The Morgan fingerprint density at radius 3 is 2.88 bits per heavy atom. The molecule has 0 aromatic heterocycles. The third-order valence-corrected chi connectivity index (χ3v) is 3.60. The van der Waals surface area contributed by atoms with E-state index >= 15 is 0 Å². The summed E-state index contributed by atoms with van der Waals surface area (Å²) >= 11 is 0. The molecule has 2 N–H and O–H groups in total. The van der Waals surface area contributed by atoms with Crippen molar-refractivity contribution in [2.45, 2.75) is 26.8 Å². The summed E-state index contributed by atoms with van der Waals surface area (Å²) in [6, 6.07) is 6.72. The lowest BCUT2D eigenvalue weighted by Crippen LogP contribution is -2.23.